The zero-order valence-corrected chi connectivity index (χ0v) is 15.6. The third kappa shape index (κ3) is 3.97. The highest BCUT2D eigenvalue weighted by atomic mass is 32.2. The van der Waals surface area contributed by atoms with Gasteiger partial charge in [0.2, 0.25) is 22.7 Å². The largest absolute Gasteiger partial charge is 0.454 e. The molecule has 0 aromatic heterocycles. The molecule has 1 N–H and O–H groups in total. The second-order valence-electron chi connectivity index (χ2n) is 5.99. The number of para-hydroxylation sites is 1. The summed E-state index contributed by atoms with van der Waals surface area (Å²) in [5.74, 6) is -0.263. The zero-order chi connectivity index (χ0) is 19.6. The van der Waals surface area contributed by atoms with Crippen molar-refractivity contribution < 1.29 is 27.1 Å². The number of hydrogen-bond donors (Lipinski definition) is 1. The average Bonchev–Trinajstić information content (AvgIpc) is 3.07. The Labute approximate surface area is 156 Å². The van der Waals surface area contributed by atoms with E-state index in [9.17, 15) is 17.6 Å². The molecule has 1 amide bonds. The van der Waals surface area contributed by atoms with Gasteiger partial charge in [0.25, 0.3) is 0 Å². The molecule has 0 aliphatic carbocycles. The SMILES string of the molecule is CC[C@H](C(=O)Nc1ccc2c(c1)OCO2)N(c1ccccc1F)S(C)(=O)=O. The standard InChI is InChI=1S/C18H19FN2O5S/c1-3-14(21(27(2,23)24)15-7-5-4-6-13(15)19)18(22)20-12-8-9-16-17(10-12)26-11-25-16/h4-10,14H,3,11H2,1-2H3,(H,20,22)/t14-/m1/s1. The number of nitrogens with zero attached hydrogens (tertiary/aromatic N) is 1. The molecular weight excluding hydrogens is 375 g/mol. The highest BCUT2D eigenvalue weighted by Crippen LogP contribution is 2.34. The molecule has 1 heterocycles. The third-order valence-electron chi connectivity index (χ3n) is 4.06. The van der Waals surface area contributed by atoms with E-state index in [2.05, 4.69) is 5.32 Å². The van der Waals surface area contributed by atoms with Gasteiger partial charge in [0.05, 0.1) is 11.9 Å². The van der Waals surface area contributed by atoms with Crippen molar-refractivity contribution in [2.45, 2.75) is 19.4 Å². The van der Waals surface area contributed by atoms with Crippen molar-refractivity contribution >= 4 is 27.3 Å². The summed E-state index contributed by atoms with van der Waals surface area (Å²) in [6.45, 7) is 1.75. The first-order valence-corrected chi connectivity index (χ1v) is 10.1. The molecule has 0 saturated carbocycles. The van der Waals surface area contributed by atoms with Crippen LogP contribution in [-0.2, 0) is 14.8 Å². The predicted octanol–water partition coefficient (Wildman–Crippen LogP) is 2.74. The van der Waals surface area contributed by atoms with Crippen molar-refractivity contribution in [1.82, 2.24) is 0 Å². The number of fused-ring (bicyclic) bond motifs is 1. The van der Waals surface area contributed by atoms with Crippen molar-refractivity contribution in [3.63, 3.8) is 0 Å². The van der Waals surface area contributed by atoms with E-state index in [0.29, 0.717) is 17.2 Å². The topological polar surface area (TPSA) is 84.9 Å². The van der Waals surface area contributed by atoms with Gasteiger partial charge >= 0.3 is 0 Å². The van der Waals surface area contributed by atoms with Crippen LogP contribution in [0.5, 0.6) is 11.5 Å². The minimum absolute atomic E-state index is 0.0967. The van der Waals surface area contributed by atoms with E-state index in [0.717, 1.165) is 16.6 Å². The number of sulfonamides is 1. The molecule has 0 saturated heterocycles. The van der Waals surface area contributed by atoms with E-state index in [-0.39, 0.29) is 18.9 Å². The molecule has 27 heavy (non-hydrogen) atoms. The van der Waals surface area contributed by atoms with Gasteiger partial charge in [-0.2, -0.15) is 0 Å². The van der Waals surface area contributed by atoms with Crippen LogP contribution in [0.2, 0.25) is 0 Å². The molecule has 2 aromatic rings. The number of anilines is 2. The minimum Gasteiger partial charge on any atom is -0.454 e. The summed E-state index contributed by atoms with van der Waals surface area (Å²) >= 11 is 0. The second kappa shape index (κ2) is 7.43. The number of ether oxygens (including phenoxy) is 2. The summed E-state index contributed by atoms with van der Waals surface area (Å²) in [4.78, 5) is 12.8. The molecule has 144 valence electrons. The molecule has 1 aliphatic heterocycles. The Bertz CT molecular complexity index is 964. The van der Waals surface area contributed by atoms with Gasteiger partial charge < -0.3 is 14.8 Å². The zero-order valence-electron chi connectivity index (χ0n) is 14.8. The first kappa shape index (κ1) is 19.0. The lowest BCUT2D eigenvalue weighted by molar-refractivity contribution is -0.117. The van der Waals surface area contributed by atoms with Crippen LogP contribution < -0.4 is 19.1 Å². The number of hydrogen-bond acceptors (Lipinski definition) is 5. The van der Waals surface area contributed by atoms with E-state index in [1.807, 2.05) is 0 Å². The van der Waals surface area contributed by atoms with Crippen LogP contribution in [0.4, 0.5) is 15.8 Å². The van der Waals surface area contributed by atoms with Gasteiger partial charge in [-0.05, 0) is 30.7 Å². The maximum atomic E-state index is 14.2. The van der Waals surface area contributed by atoms with Gasteiger partial charge in [-0.3, -0.25) is 9.10 Å². The van der Waals surface area contributed by atoms with Gasteiger partial charge in [0, 0.05) is 11.8 Å². The number of benzene rings is 2. The Kier molecular flexibility index (Phi) is 5.22. The lowest BCUT2D eigenvalue weighted by atomic mass is 10.1. The number of carbonyl (C=O) groups excluding carboxylic acids is 1. The lowest BCUT2D eigenvalue weighted by Gasteiger charge is -2.30. The Balaban J connectivity index is 1.91. The molecule has 0 bridgehead atoms. The molecule has 7 nitrogen and oxygen atoms in total. The maximum absolute atomic E-state index is 14.2. The van der Waals surface area contributed by atoms with Gasteiger partial charge in [0.1, 0.15) is 11.9 Å². The minimum atomic E-state index is -3.91. The van der Waals surface area contributed by atoms with Crippen LogP contribution in [-0.4, -0.2) is 33.4 Å². The first-order chi connectivity index (χ1) is 12.8. The van der Waals surface area contributed by atoms with Crippen molar-refractivity contribution in [3.05, 3.63) is 48.3 Å². The number of amides is 1. The van der Waals surface area contributed by atoms with Gasteiger partial charge in [0.15, 0.2) is 11.5 Å². The van der Waals surface area contributed by atoms with Crippen molar-refractivity contribution in [3.8, 4) is 11.5 Å². The van der Waals surface area contributed by atoms with Gasteiger partial charge in [-0.1, -0.05) is 19.1 Å². The van der Waals surface area contributed by atoms with Crippen LogP contribution in [0, 0.1) is 5.82 Å². The fraction of sp³-hybridized carbons (Fsp3) is 0.278. The molecule has 3 rings (SSSR count). The fourth-order valence-electron chi connectivity index (χ4n) is 2.87. The normalized spacial score (nSPS) is 13.9. The molecule has 0 fully saturated rings. The lowest BCUT2D eigenvalue weighted by Crippen LogP contribution is -2.47. The number of nitrogens with one attached hydrogen (secondary N) is 1. The van der Waals surface area contributed by atoms with Gasteiger partial charge in [-0.25, -0.2) is 12.8 Å². The van der Waals surface area contributed by atoms with Crippen LogP contribution in [0.3, 0.4) is 0 Å². The van der Waals surface area contributed by atoms with E-state index in [1.54, 1.807) is 25.1 Å². The number of carbonyl (C=O) groups is 1. The van der Waals surface area contributed by atoms with E-state index in [4.69, 9.17) is 9.47 Å². The van der Waals surface area contributed by atoms with Crippen molar-refractivity contribution in [2.24, 2.45) is 0 Å². The smallest absolute Gasteiger partial charge is 0.248 e. The maximum Gasteiger partial charge on any atom is 0.248 e. The summed E-state index contributed by atoms with van der Waals surface area (Å²) < 4.78 is 50.2. The first-order valence-electron chi connectivity index (χ1n) is 8.25. The highest BCUT2D eigenvalue weighted by molar-refractivity contribution is 7.92. The second-order valence-corrected chi connectivity index (χ2v) is 7.85. The molecule has 1 atom stereocenters. The summed E-state index contributed by atoms with van der Waals surface area (Å²) in [5.41, 5.74) is 0.248. The highest BCUT2D eigenvalue weighted by Gasteiger charge is 2.33. The molecule has 2 aromatic carbocycles. The molecule has 0 spiro atoms. The number of halogens is 1. The number of rotatable bonds is 6. The monoisotopic (exact) mass is 394 g/mol. The molecule has 0 radical (unpaired) electrons. The van der Waals surface area contributed by atoms with Crippen LogP contribution in [0.1, 0.15) is 13.3 Å². The van der Waals surface area contributed by atoms with Crippen LogP contribution >= 0.6 is 0 Å². The molecular formula is C18H19FN2O5S. The van der Waals surface area contributed by atoms with Gasteiger partial charge in [-0.15, -0.1) is 0 Å². The van der Waals surface area contributed by atoms with Crippen LogP contribution in [0.15, 0.2) is 42.5 Å². The third-order valence-corrected chi connectivity index (χ3v) is 5.23. The Hall–Kier alpha value is -2.81. The molecule has 1 aliphatic rings. The quantitative estimate of drug-likeness (QED) is 0.814. The molecule has 0 unspecified atom stereocenters. The predicted molar refractivity (Wildman–Crippen MR) is 99.0 cm³/mol. The van der Waals surface area contributed by atoms with E-state index < -0.39 is 27.8 Å². The Morgan fingerprint density at radius 2 is 1.93 bits per heavy atom. The summed E-state index contributed by atoms with van der Waals surface area (Å²) in [6.07, 6.45) is 1.09. The molecule has 9 heteroatoms. The van der Waals surface area contributed by atoms with E-state index >= 15 is 0 Å². The summed E-state index contributed by atoms with van der Waals surface area (Å²) in [7, 11) is -3.91. The van der Waals surface area contributed by atoms with Crippen LogP contribution in [0.25, 0.3) is 0 Å². The van der Waals surface area contributed by atoms with E-state index in [1.165, 1.54) is 18.2 Å². The fourth-order valence-corrected chi connectivity index (χ4v) is 4.08. The van der Waals surface area contributed by atoms with Crippen molar-refractivity contribution in [1.29, 1.82) is 0 Å². The van der Waals surface area contributed by atoms with Crippen molar-refractivity contribution in [2.75, 3.05) is 22.7 Å². The Morgan fingerprint density at radius 1 is 1.22 bits per heavy atom. The summed E-state index contributed by atoms with van der Waals surface area (Å²) in [6, 6.07) is 9.16. The average molecular weight is 394 g/mol. The summed E-state index contributed by atoms with van der Waals surface area (Å²) in [5, 5.41) is 2.66. The Morgan fingerprint density at radius 3 is 2.59 bits per heavy atom.